The van der Waals surface area contributed by atoms with E-state index in [1.807, 2.05) is 19.1 Å². The largest absolute Gasteiger partial charge is 0.573 e. The maximum Gasteiger partial charge on any atom is 0.573 e. The van der Waals surface area contributed by atoms with Crippen LogP contribution in [0.1, 0.15) is 48.4 Å². The predicted octanol–water partition coefficient (Wildman–Crippen LogP) is 8.44. The number of alkyl halides is 6. The van der Waals surface area contributed by atoms with E-state index in [9.17, 15) is 59.0 Å². The van der Waals surface area contributed by atoms with Gasteiger partial charge in [0.15, 0.2) is 27.5 Å². The molecule has 0 bridgehead atoms. The first-order valence-corrected chi connectivity index (χ1v) is 26.3. The number of imidazole rings is 2. The summed E-state index contributed by atoms with van der Waals surface area (Å²) in [7, 11) is -1.49. The fourth-order valence-corrected chi connectivity index (χ4v) is 10.6. The second kappa shape index (κ2) is 23.6. The average Bonchev–Trinajstić information content (AvgIpc) is 3.92. The van der Waals surface area contributed by atoms with Crippen molar-refractivity contribution in [1.82, 2.24) is 37.4 Å². The molecule has 404 valence electrons. The topological polar surface area (TPSA) is 196 Å². The van der Waals surface area contributed by atoms with Gasteiger partial charge in [0.2, 0.25) is 15.0 Å². The molecule has 4 aromatic heterocycles. The van der Waals surface area contributed by atoms with Gasteiger partial charge in [-0.05, 0) is 83.6 Å². The molecular weight excluding hydrogens is 1090 g/mol. The lowest BCUT2D eigenvalue weighted by molar-refractivity contribution is -0.275. The number of ether oxygens (including phenoxy) is 2. The zero-order chi connectivity index (χ0) is 55.3. The second-order valence-corrected chi connectivity index (χ2v) is 20.7. The number of halogens is 8. The molecule has 0 aliphatic rings. The molecule has 76 heavy (non-hydrogen) atoms. The lowest BCUT2D eigenvalue weighted by atomic mass is 10.2. The highest BCUT2D eigenvalue weighted by Crippen LogP contribution is 2.31. The van der Waals surface area contributed by atoms with Crippen molar-refractivity contribution in [3.63, 3.8) is 0 Å². The first-order valence-electron chi connectivity index (χ1n) is 22.9. The van der Waals surface area contributed by atoms with Gasteiger partial charge in [-0.25, -0.2) is 23.0 Å². The summed E-state index contributed by atoms with van der Waals surface area (Å²) >= 11 is 13.2. The molecule has 0 saturated carbocycles. The number of hydrogen-bond acceptors (Lipinski definition) is 12. The van der Waals surface area contributed by atoms with Gasteiger partial charge in [0.05, 0.1) is 18.8 Å². The van der Waals surface area contributed by atoms with E-state index in [0.717, 1.165) is 37.8 Å². The Balaban J connectivity index is 0.000000221. The van der Waals surface area contributed by atoms with Gasteiger partial charge in [-0.3, -0.25) is 27.9 Å². The highest BCUT2D eigenvalue weighted by Gasteiger charge is 2.33. The first-order chi connectivity index (χ1) is 35.9. The van der Waals surface area contributed by atoms with Crippen molar-refractivity contribution in [2.75, 3.05) is 6.61 Å². The third kappa shape index (κ3) is 13.6. The van der Waals surface area contributed by atoms with Gasteiger partial charge in [-0.2, -0.15) is 4.98 Å². The van der Waals surface area contributed by atoms with E-state index >= 15 is 0 Å². The van der Waals surface area contributed by atoms with E-state index in [0.29, 0.717) is 39.3 Å². The number of rotatable bonds is 18. The summed E-state index contributed by atoms with van der Waals surface area (Å²) in [5.74, 6) is -1.42. The molecule has 4 heterocycles. The van der Waals surface area contributed by atoms with Gasteiger partial charge in [0.1, 0.15) is 11.5 Å². The van der Waals surface area contributed by atoms with Gasteiger partial charge in [-0.15, -0.1) is 26.3 Å². The average molecular weight is 1140 g/mol. The summed E-state index contributed by atoms with van der Waals surface area (Å²) in [6.45, 7) is 2.01. The van der Waals surface area contributed by atoms with Crippen LogP contribution in [0.4, 0.5) is 26.3 Å². The summed E-state index contributed by atoms with van der Waals surface area (Å²) in [6.07, 6.45) is -8.17. The third-order valence-corrected chi connectivity index (χ3v) is 14.6. The molecule has 0 spiro atoms. The quantitative estimate of drug-likeness (QED) is 0.0637. The Bertz CT molecular complexity index is 3760. The normalized spacial score (nSPS) is 12.1. The highest BCUT2D eigenvalue weighted by molar-refractivity contribution is 7.98. The van der Waals surface area contributed by atoms with Crippen LogP contribution in [0.3, 0.4) is 0 Å². The Morgan fingerprint density at radius 1 is 0.618 bits per heavy atom. The van der Waals surface area contributed by atoms with Crippen LogP contribution in [0.25, 0.3) is 22.3 Å². The molecule has 0 fully saturated rings. The van der Waals surface area contributed by atoms with E-state index in [1.165, 1.54) is 58.3 Å². The molecule has 0 amide bonds. The Hall–Kier alpha value is -6.80. The zero-order valence-corrected chi connectivity index (χ0v) is 43.6. The molecule has 0 unspecified atom stereocenters. The molecule has 0 aliphatic carbocycles. The number of aryl methyl sites for hydroxylation is 2. The van der Waals surface area contributed by atoms with Gasteiger partial charge in [0.25, 0.3) is 11.1 Å². The van der Waals surface area contributed by atoms with Crippen LogP contribution in [-0.2, 0) is 61.6 Å². The number of benzene rings is 4. The summed E-state index contributed by atoms with van der Waals surface area (Å²) in [4.78, 5) is 61.4. The monoisotopic (exact) mass is 1140 g/mol. The fraction of sp³-hybridized carbons (Fsp3) is 0.306. The number of aromatic nitrogens is 8. The number of aliphatic hydroxyl groups excluding tert-OH is 1. The summed E-state index contributed by atoms with van der Waals surface area (Å²) in [6, 6.07) is 23.7. The number of nitrogens with zero attached hydrogens (tertiary/aromatic N) is 8. The smallest absolute Gasteiger partial charge is 0.406 e. The van der Waals surface area contributed by atoms with Gasteiger partial charge in [0, 0.05) is 49.6 Å². The lowest BCUT2D eigenvalue weighted by Gasteiger charge is -2.12. The number of aliphatic hydroxyl groups is 1. The number of thioether (sulfide) groups is 1. The van der Waals surface area contributed by atoms with Crippen LogP contribution in [0.15, 0.2) is 127 Å². The Kier molecular flexibility index (Phi) is 17.7. The summed E-state index contributed by atoms with van der Waals surface area (Å²) in [5.41, 5.74) is -0.283. The molecule has 27 heteroatoms. The minimum Gasteiger partial charge on any atom is -0.406 e. The van der Waals surface area contributed by atoms with Crippen LogP contribution in [-0.4, -0.2) is 70.2 Å². The molecule has 8 aromatic rings. The molecule has 8 rings (SSSR count). The van der Waals surface area contributed by atoms with Crippen LogP contribution < -0.4 is 32.0 Å². The molecule has 1 N–H and O–H groups in total. The molecule has 0 radical (unpaired) electrons. The van der Waals surface area contributed by atoms with E-state index in [1.54, 1.807) is 54.1 Å². The van der Waals surface area contributed by atoms with Crippen molar-refractivity contribution in [2.45, 2.75) is 86.9 Å². The first kappa shape index (κ1) is 56.9. The van der Waals surface area contributed by atoms with Crippen LogP contribution in [0, 0.1) is 0 Å². The van der Waals surface area contributed by atoms with Crippen molar-refractivity contribution in [1.29, 1.82) is 0 Å². The predicted molar refractivity (Wildman–Crippen MR) is 273 cm³/mol. The second-order valence-electron chi connectivity index (χ2n) is 17.0. The minimum atomic E-state index is -4.97. The maximum absolute atomic E-state index is 13.6. The van der Waals surface area contributed by atoms with E-state index in [-0.39, 0.29) is 72.1 Å². The maximum atomic E-state index is 13.6. The van der Waals surface area contributed by atoms with Crippen LogP contribution >= 0.6 is 35.0 Å². The van der Waals surface area contributed by atoms with Crippen LogP contribution in [0.5, 0.6) is 11.5 Å². The van der Waals surface area contributed by atoms with Gasteiger partial charge >= 0.3 is 24.1 Å². The SMILES string of the molecule is CCCCn1c(=O)c2c(nc(SCc3cccc(OC(F)(F)F)c3)n2Cc2ccc(Cl)cc2)n(C)c1=O.Cn1c(=O)n(CCCO)c(=O)c2c1nc(S(=O)(=O)Cc1cccc(OC(F)(F)F)c1)n2Cc1ccc(Cl)cc1. The van der Waals surface area contributed by atoms with E-state index in [4.69, 9.17) is 23.2 Å². The molecule has 0 aliphatic heterocycles. The lowest BCUT2D eigenvalue weighted by Crippen LogP contribution is -2.40. The Morgan fingerprint density at radius 3 is 1.58 bits per heavy atom. The minimum absolute atomic E-state index is 0.0175. The fourth-order valence-electron chi connectivity index (χ4n) is 7.92. The molecular formula is C49H46Cl2F6N8O9S2. The number of fused-ring (bicyclic) bond motifs is 2. The standard InChI is InChI=1S/C25H24ClF3N4O3S.C24H22ClF3N4O6S/c1-3-4-12-32-22(34)20-21(31(2)24(32)35)30-23(33(20)14-16-8-10-18(26)11-9-16)37-15-17-6-5-7-19(13-17)36-25(27,28)29;1-30-20-19(21(34)31(23(30)35)10-3-11-33)32(13-15-6-8-17(25)9-7-15)22(29-20)39(36,37)14-16-4-2-5-18(12-16)38-24(26,27)28/h5-11,13H,3-4,12,14-15H2,1-2H3;2,4-9,12,33H,3,10-11,13-14H2,1H3. The van der Waals surface area contributed by atoms with E-state index in [2.05, 4.69) is 19.4 Å². The van der Waals surface area contributed by atoms with Crippen molar-refractivity contribution < 1.29 is 49.3 Å². The summed E-state index contributed by atoms with van der Waals surface area (Å²) in [5, 5.41) is 10.1. The highest BCUT2D eigenvalue weighted by atomic mass is 35.5. The number of sulfone groups is 1. The van der Waals surface area contributed by atoms with Crippen molar-refractivity contribution in [2.24, 2.45) is 14.1 Å². The molecule has 17 nitrogen and oxygen atoms in total. The Morgan fingerprint density at radius 2 is 1.08 bits per heavy atom. The van der Waals surface area contributed by atoms with E-state index < -0.39 is 61.7 Å². The zero-order valence-electron chi connectivity index (χ0n) is 40.4. The van der Waals surface area contributed by atoms with Crippen molar-refractivity contribution >= 4 is 67.1 Å². The Labute approximate surface area is 442 Å². The number of hydrogen-bond donors (Lipinski definition) is 1. The summed E-state index contributed by atoms with van der Waals surface area (Å²) < 4.78 is 118. The molecule has 4 aromatic carbocycles. The van der Waals surface area contributed by atoms with Crippen molar-refractivity contribution in [3.05, 3.63) is 171 Å². The van der Waals surface area contributed by atoms with Crippen LogP contribution in [0.2, 0.25) is 10.0 Å². The van der Waals surface area contributed by atoms with Gasteiger partial charge < -0.3 is 23.7 Å². The third-order valence-electron chi connectivity index (χ3n) is 11.4. The van der Waals surface area contributed by atoms with Gasteiger partial charge in [-0.1, -0.05) is 96.8 Å². The molecule has 0 atom stereocenters. The number of unbranched alkanes of at least 4 members (excludes halogenated alkanes) is 1. The molecule has 0 saturated heterocycles. The van der Waals surface area contributed by atoms with Crippen molar-refractivity contribution in [3.8, 4) is 11.5 Å².